The number of hydrogen-bond acceptors (Lipinski definition) is 5. The van der Waals surface area contributed by atoms with Gasteiger partial charge in [0.1, 0.15) is 12.5 Å². The summed E-state index contributed by atoms with van der Waals surface area (Å²) in [7, 11) is 0. The van der Waals surface area contributed by atoms with Crippen molar-refractivity contribution in [3.05, 3.63) is 59.0 Å². The first-order chi connectivity index (χ1) is 13.6. The molecule has 8 heteroatoms. The molecule has 2 aromatic carbocycles. The quantitative estimate of drug-likeness (QED) is 0.650. The van der Waals surface area contributed by atoms with Gasteiger partial charge in [-0.05, 0) is 30.3 Å². The number of anilines is 1. The topological polar surface area (TPSA) is 42.0 Å². The fraction of sp³-hybridized carbons (Fsp3) is 0.250. The molecule has 28 heavy (non-hydrogen) atoms. The molecular weight excluding hydrogens is 419 g/mol. The standard InChI is InChI=1S/C20H18Cl2N2O3S/c21-15-5-4-14(12-16(15)22)28-13-19(25)24-8-6-23(7-9-24)17-2-1-3-18-20(17)27-11-10-26-18/h1-5,10-12H,6-9,13H2. The summed E-state index contributed by atoms with van der Waals surface area (Å²) in [6.07, 6.45) is 3.06. The maximum Gasteiger partial charge on any atom is 0.233 e. The van der Waals surface area contributed by atoms with Crippen LogP contribution < -0.4 is 14.4 Å². The van der Waals surface area contributed by atoms with Gasteiger partial charge in [-0.2, -0.15) is 0 Å². The van der Waals surface area contributed by atoms with Crippen LogP contribution in [0.25, 0.3) is 0 Å². The largest absolute Gasteiger partial charge is 0.458 e. The molecule has 0 saturated carbocycles. The first-order valence-electron chi connectivity index (χ1n) is 8.84. The number of carbonyl (C=O) groups is 1. The average Bonchev–Trinajstić information content (AvgIpc) is 2.74. The van der Waals surface area contributed by atoms with Crippen molar-refractivity contribution < 1.29 is 14.3 Å². The van der Waals surface area contributed by atoms with Crippen LogP contribution >= 0.6 is 35.0 Å². The fourth-order valence-electron chi connectivity index (χ4n) is 3.16. The van der Waals surface area contributed by atoms with E-state index >= 15 is 0 Å². The Morgan fingerprint density at radius 3 is 2.57 bits per heavy atom. The lowest BCUT2D eigenvalue weighted by molar-refractivity contribution is -0.128. The highest BCUT2D eigenvalue weighted by molar-refractivity contribution is 8.00. The minimum absolute atomic E-state index is 0.119. The van der Waals surface area contributed by atoms with Gasteiger partial charge in [0.05, 0.1) is 21.5 Å². The van der Waals surface area contributed by atoms with Crippen LogP contribution in [0.4, 0.5) is 5.69 Å². The van der Waals surface area contributed by atoms with Crippen molar-refractivity contribution in [3.8, 4) is 11.5 Å². The zero-order valence-electron chi connectivity index (χ0n) is 14.9. The van der Waals surface area contributed by atoms with Gasteiger partial charge in [-0.3, -0.25) is 4.79 Å². The molecule has 0 aliphatic carbocycles. The molecule has 0 bridgehead atoms. The third-order valence-corrected chi connectivity index (χ3v) is 6.34. The Hall–Kier alpha value is -2.02. The zero-order chi connectivity index (χ0) is 19.5. The fourth-order valence-corrected chi connectivity index (χ4v) is 4.36. The first-order valence-corrected chi connectivity index (χ1v) is 10.6. The maximum atomic E-state index is 12.6. The van der Waals surface area contributed by atoms with E-state index < -0.39 is 0 Å². The molecule has 2 aromatic rings. The Bertz CT molecular complexity index is 914. The Balaban J connectivity index is 1.33. The highest BCUT2D eigenvalue weighted by atomic mass is 35.5. The zero-order valence-corrected chi connectivity index (χ0v) is 17.3. The third kappa shape index (κ3) is 4.19. The van der Waals surface area contributed by atoms with Gasteiger partial charge in [-0.15, -0.1) is 11.8 Å². The number of piperazine rings is 1. The van der Waals surface area contributed by atoms with Crippen LogP contribution in [0.15, 0.2) is 53.8 Å². The number of benzene rings is 2. The van der Waals surface area contributed by atoms with Gasteiger partial charge in [-0.1, -0.05) is 29.3 Å². The SMILES string of the molecule is O=C(CSc1ccc(Cl)c(Cl)c1)N1CCN(c2cccc3c2OC=CO3)CC1. The molecule has 0 N–H and O–H groups in total. The van der Waals surface area contributed by atoms with Gasteiger partial charge < -0.3 is 19.3 Å². The predicted molar refractivity (Wildman–Crippen MR) is 113 cm³/mol. The number of halogens is 2. The molecule has 2 aliphatic heterocycles. The van der Waals surface area contributed by atoms with Crippen molar-refractivity contribution >= 4 is 46.6 Å². The highest BCUT2D eigenvalue weighted by Gasteiger charge is 2.25. The normalized spacial score (nSPS) is 15.6. The Kier molecular flexibility index (Phi) is 5.90. The van der Waals surface area contributed by atoms with Gasteiger partial charge >= 0.3 is 0 Å². The summed E-state index contributed by atoms with van der Waals surface area (Å²) in [6.45, 7) is 2.82. The molecule has 4 rings (SSSR count). The Morgan fingerprint density at radius 1 is 1.00 bits per heavy atom. The number of para-hydroxylation sites is 1. The molecule has 0 aromatic heterocycles. The van der Waals surface area contributed by atoms with Crippen LogP contribution in [-0.4, -0.2) is 42.7 Å². The van der Waals surface area contributed by atoms with E-state index in [-0.39, 0.29) is 5.91 Å². The molecule has 0 radical (unpaired) electrons. The molecule has 1 fully saturated rings. The summed E-state index contributed by atoms with van der Waals surface area (Å²) in [4.78, 5) is 17.6. The Morgan fingerprint density at radius 2 is 1.79 bits per heavy atom. The minimum Gasteiger partial charge on any atom is -0.458 e. The van der Waals surface area contributed by atoms with Crippen LogP contribution in [0.5, 0.6) is 11.5 Å². The number of hydrogen-bond donors (Lipinski definition) is 0. The summed E-state index contributed by atoms with van der Waals surface area (Å²) < 4.78 is 11.1. The van der Waals surface area contributed by atoms with Crippen molar-refractivity contribution in [2.24, 2.45) is 0 Å². The number of carbonyl (C=O) groups excluding carboxylic acids is 1. The van der Waals surface area contributed by atoms with E-state index in [0.29, 0.717) is 34.6 Å². The number of nitrogens with zero attached hydrogens (tertiary/aromatic N) is 2. The van der Waals surface area contributed by atoms with Crippen LogP contribution in [0.2, 0.25) is 10.0 Å². The molecule has 0 unspecified atom stereocenters. The van der Waals surface area contributed by atoms with E-state index in [0.717, 1.165) is 29.4 Å². The minimum atomic E-state index is 0.119. The van der Waals surface area contributed by atoms with Crippen LogP contribution in [-0.2, 0) is 4.79 Å². The van der Waals surface area contributed by atoms with Crippen LogP contribution in [0, 0.1) is 0 Å². The lowest BCUT2D eigenvalue weighted by atomic mass is 10.2. The summed E-state index contributed by atoms with van der Waals surface area (Å²) in [6, 6.07) is 11.2. The van der Waals surface area contributed by atoms with Crippen molar-refractivity contribution in [3.63, 3.8) is 0 Å². The van der Waals surface area contributed by atoms with Gasteiger partial charge in [0.2, 0.25) is 5.91 Å². The lowest BCUT2D eigenvalue weighted by Crippen LogP contribution is -2.49. The monoisotopic (exact) mass is 436 g/mol. The molecule has 0 atom stereocenters. The molecular formula is C20H18Cl2N2O3S. The molecule has 1 amide bonds. The third-order valence-electron chi connectivity index (χ3n) is 4.62. The van der Waals surface area contributed by atoms with Crippen molar-refractivity contribution in [2.75, 3.05) is 36.8 Å². The summed E-state index contributed by atoms with van der Waals surface area (Å²) >= 11 is 13.4. The maximum absolute atomic E-state index is 12.6. The second-order valence-corrected chi connectivity index (χ2v) is 8.21. The number of fused-ring (bicyclic) bond motifs is 1. The van der Waals surface area contributed by atoms with Crippen LogP contribution in [0.3, 0.4) is 0 Å². The number of rotatable bonds is 4. The lowest BCUT2D eigenvalue weighted by Gasteiger charge is -2.37. The van der Waals surface area contributed by atoms with E-state index in [1.54, 1.807) is 12.1 Å². The number of amides is 1. The van der Waals surface area contributed by atoms with E-state index in [9.17, 15) is 4.79 Å². The van der Waals surface area contributed by atoms with Crippen molar-refractivity contribution in [2.45, 2.75) is 4.90 Å². The molecule has 0 spiro atoms. The van der Waals surface area contributed by atoms with Gasteiger partial charge in [-0.25, -0.2) is 0 Å². The predicted octanol–water partition coefficient (Wildman–Crippen LogP) is 4.68. The highest BCUT2D eigenvalue weighted by Crippen LogP contribution is 2.40. The summed E-state index contributed by atoms with van der Waals surface area (Å²) in [5.74, 6) is 1.92. The van der Waals surface area contributed by atoms with E-state index in [1.165, 1.54) is 24.3 Å². The average molecular weight is 437 g/mol. The molecule has 5 nitrogen and oxygen atoms in total. The smallest absolute Gasteiger partial charge is 0.233 e. The van der Waals surface area contributed by atoms with Gasteiger partial charge in [0.25, 0.3) is 0 Å². The van der Waals surface area contributed by atoms with Gasteiger partial charge in [0, 0.05) is 31.1 Å². The van der Waals surface area contributed by atoms with Crippen molar-refractivity contribution in [1.82, 2.24) is 4.90 Å². The molecule has 146 valence electrons. The van der Waals surface area contributed by atoms with E-state index in [1.807, 2.05) is 29.2 Å². The summed E-state index contributed by atoms with van der Waals surface area (Å²) in [5, 5.41) is 1.02. The van der Waals surface area contributed by atoms with Crippen molar-refractivity contribution in [1.29, 1.82) is 0 Å². The second-order valence-electron chi connectivity index (χ2n) is 6.34. The summed E-state index contributed by atoms with van der Waals surface area (Å²) in [5.41, 5.74) is 0.985. The Labute approximate surface area is 177 Å². The second kappa shape index (κ2) is 8.55. The van der Waals surface area contributed by atoms with E-state index in [2.05, 4.69) is 4.90 Å². The number of ether oxygens (including phenoxy) is 2. The molecule has 2 heterocycles. The number of thioether (sulfide) groups is 1. The first kappa shape index (κ1) is 19.3. The molecule has 2 aliphatic rings. The van der Waals surface area contributed by atoms with Gasteiger partial charge in [0.15, 0.2) is 11.5 Å². The van der Waals surface area contributed by atoms with Crippen LogP contribution in [0.1, 0.15) is 0 Å². The molecule has 1 saturated heterocycles. The van der Waals surface area contributed by atoms with E-state index in [4.69, 9.17) is 32.7 Å².